The number of aliphatic hydroxyl groups excluding tert-OH is 1. The van der Waals surface area contributed by atoms with Gasteiger partial charge >= 0.3 is 11.9 Å². The average molecular weight is 472 g/mol. The van der Waals surface area contributed by atoms with Gasteiger partial charge in [0.1, 0.15) is 6.10 Å². The van der Waals surface area contributed by atoms with E-state index in [9.17, 15) is 24.9 Å². The summed E-state index contributed by atoms with van der Waals surface area (Å²) in [6.45, 7) is 7.35. The van der Waals surface area contributed by atoms with Gasteiger partial charge in [-0.3, -0.25) is 14.6 Å². The number of aliphatic carboxylic acids is 1. The van der Waals surface area contributed by atoms with Crippen molar-refractivity contribution in [2.24, 2.45) is 11.8 Å². The van der Waals surface area contributed by atoms with Crippen LogP contribution in [0.1, 0.15) is 65.0 Å². The van der Waals surface area contributed by atoms with Gasteiger partial charge in [-0.2, -0.15) is 0 Å². The number of ether oxygens (including phenoxy) is 1. The van der Waals surface area contributed by atoms with Gasteiger partial charge in [0, 0.05) is 29.6 Å². The molecular formula is C27H37NO6. The number of rotatable bonds is 6. The molecule has 3 N–H and O–H groups in total. The first-order chi connectivity index (χ1) is 16.0. The fraction of sp³-hybridized carbons (Fsp3) is 0.519. The molecule has 7 nitrogen and oxygen atoms in total. The minimum absolute atomic E-state index is 0.107. The van der Waals surface area contributed by atoms with Crippen LogP contribution in [0.25, 0.3) is 0 Å². The van der Waals surface area contributed by atoms with Crippen LogP contribution in [0, 0.1) is 11.8 Å². The second-order valence-electron chi connectivity index (χ2n) is 9.45. The molecule has 2 heterocycles. The number of esters is 1. The fourth-order valence-electron chi connectivity index (χ4n) is 4.05. The van der Waals surface area contributed by atoms with Gasteiger partial charge in [-0.15, -0.1) is 0 Å². The van der Waals surface area contributed by atoms with Crippen molar-refractivity contribution < 1.29 is 29.6 Å². The SMILES string of the molecule is C/C(=C\C=C\[C@@H](C)c1ccccn1)[C@H]1OC(=O)C[C@H](O)CC[C@@](C)(O)[C@@H](CC(=O)O)/C=C/[C@@H]1C. The van der Waals surface area contributed by atoms with Crippen molar-refractivity contribution in [3.8, 4) is 0 Å². The minimum atomic E-state index is -1.33. The van der Waals surface area contributed by atoms with Gasteiger partial charge in [0.05, 0.1) is 24.5 Å². The fourth-order valence-corrected chi connectivity index (χ4v) is 4.05. The van der Waals surface area contributed by atoms with Crippen molar-refractivity contribution in [1.82, 2.24) is 4.98 Å². The summed E-state index contributed by atoms with van der Waals surface area (Å²) in [6, 6.07) is 5.77. The van der Waals surface area contributed by atoms with Gasteiger partial charge in [-0.25, -0.2) is 0 Å². The summed E-state index contributed by atoms with van der Waals surface area (Å²) in [7, 11) is 0. The first kappa shape index (κ1) is 27.5. The van der Waals surface area contributed by atoms with Crippen LogP contribution in [-0.4, -0.2) is 50.1 Å². The highest BCUT2D eigenvalue weighted by Crippen LogP contribution is 2.30. The predicted molar refractivity (Wildman–Crippen MR) is 130 cm³/mol. The largest absolute Gasteiger partial charge is 0.481 e. The van der Waals surface area contributed by atoms with E-state index in [1.807, 2.05) is 57.2 Å². The lowest BCUT2D eigenvalue weighted by Crippen LogP contribution is -2.37. The molecule has 6 atom stereocenters. The van der Waals surface area contributed by atoms with E-state index in [4.69, 9.17) is 4.74 Å². The highest BCUT2D eigenvalue weighted by Gasteiger charge is 2.34. The Bertz CT molecular complexity index is 905. The smallest absolute Gasteiger partial charge is 0.309 e. The Morgan fingerprint density at radius 3 is 2.74 bits per heavy atom. The first-order valence-corrected chi connectivity index (χ1v) is 11.8. The van der Waals surface area contributed by atoms with Crippen LogP contribution in [-0.2, 0) is 14.3 Å². The number of aliphatic hydroxyl groups is 2. The number of hydrogen-bond acceptors (Lipinski definition) is 6. The Morgan fingerprint density at radius 1 is 1.35 bits per heavy atom. The quantitative estimate of drug-likeness (QED) is 0.324. The summed E-state index contributed by atoms with van der Waals surface area (Å²) in [4.78, 5) is 28.2. The molecule has 0 amide bonds. The molecule has 1 aliphatic heterocycles. The molecule has 7 heteroatoms. The number of carbonyl (C=O) groups is 2. The molecule has 0 aliphatic carbocycles. The predicted octanol–water partition coefficient (Wildman–Crippen LogP) is 4.18. The lowest BCUT2D eigenvalue weighted by Gasteiger charge is -2.32. The van der Waals surface area contributed by atoms with Crippen molar-refractivity contribution in [3.05, 3.63) is 66.0 Å². The third-order valence-electron chi connectivity index (χ3n) is 6.32. The highest BCUT2D eigenvalue weighted by atomic mass is 16.5. The van der Waals surface area contributed by atoms with E-state index >= 15 is 0 Å². The second kappa shape index (κ2) is 12.6. The molecule has 0 aromatic carbocycles. The molecule has 1 aliphatic rings. The van der Waals surface area contributed by atoms with Gasteiger partial charge in [-0.1, -0.05) is 50.3 Å². The van der Waals surface area contributed by atoms with Gasteiger partial charge in [0.15, 0.2) is 0 Å². The summed E-state index contributed by atoms with van der Waals surface area (Å²) in [5.74, 6) is -2.33. The van der Waals surface area contributed by atoms with Crippen molar-refractivity contribution in [2.45, 2.75) is 77.1 Å². The van der Waals surface area contributed by atoms with Crippen LogP contribution in [0.5, 0.6) is 0 Å². The number of hydrogen-bond donors (Lipinski definition) is 3. The van der Waals surface area contributed by atoms with E-state index in [1.54, 1.807) is 25.3 Å². The second-order valence-corrected chi connectivity index (χ2v) is 9.45. The maximum atomic E-state index is 12.5. The summed E-state index contributed by atoms with van der Waals surface area (Å²) < 4.78 is 5.73. The summed E-state index contributed by atoms with van der Waals surface area (Å²) in [6.07, 6.45) is 9.37. The van der Waals surface area contributed by atoms with Gasteiger partial charge in [-0.05, 0) is 44.4 Å². The zero-order valence-electron chi connectivity index (χ0n) is 20.4. The Labute approximate surface area is 201 Å². The van der Waals surface area contributed by atoms with Crippen LogP contribution in [0.3, 0.4) is 0 Å². The molecule has 0 saturated heterocycles. The lowest BCUT2D eigenvalue weighted by molar-refractivity contribution is -0.151. The number of nitrogens with zero attached hydrogens (tertiary/aromatic N) is 1. The molecular weight excluding hydrogens is 434 g/mol. The molecule has 1 aromatic heterocycles. The van der Waals surface area contributed by atoms with Crippen molar-refractivity contribution in [2.75, 3.05) is 0 Å². The Morgan fingerprint density at radius 2 is 2.09 bits per heavy atom. The van der Waals surface area contributed by atoms with E-state index in [0.717, 1.165) is 11.3 Å². The third kappa shape index (κ3) is 8.54. The van der Waals surface area contributed by atoms with E-state index in [0.29, 0.717) is 0 Å². The number of aromatic nitrogens is 1. The molecule has 0 radical (unpaired) electrons. The number of pyridine rings is 1. The van der Waals surface area contributed by atoms with Gasteiger partial charge < -0.3 is 20.1 Å². The Hall–Kier alpha value is -2.77. The van der Waals surface area contributed by atoms with Crippen molar-refractivity contribution >= 4 is 11.9 Å². The van der Waals surface area contributed by atoms with E-state index in [2.05, 4.69) is 4.98 Å². The topological polar surface area (TPSA) is 117 Å². The van der Waals surface area contributed by atoms with Crippen LogP contribution in [0.2, 0.25) is 0 Å². The average Bonchev–Trinajstić information content (AvgIpc) is 2.78. The van der Waals surface area contributed by atoms with Crippen LogP contribution in [0.15, 0.2) is 60.3 Å². The van der Waals surface area contributed by atoms with Crippen molar-refractivity contribution in [3.63, 3.8) is 0 Å². The van der Waals surface area contributed by atoms with Crippen LogP contribution >= 0.6 is 0 Å². The molecule has 0 fully saturated rings. The third-order valence-corrected chi connectivity index (χ3v) is 6.32. The number of cyclic esters (lactones) is 1. The minimum Gasteiger partial charge on any atom is -0.481 e. The molecule has 2 rings (SSSR count). The van der Waals surface area contributed by atoms with Crippen LogP contribution in [0.4, 0.5) is 0 Å². The summed E-state index contributed by atoms with van der Waals surface area (Å²) in [5, 5.41) is 30.5. The van der Waals surface area contributed by atoms with Crippen molar-refractivity contribution in [1.29, 1.82) is 0 Å². The lowest BCUT2D eigenvalue weighted by atomic mass is 9.80. The number of carbonyl (C=O) groups excluding carboxylic acids is 1. The zero-order chi connectivity index (χ0) is 25.3. The van der Waals surface area contributed by atoms with E-state index in [-0.39, 0.29) is 37.5 Å². The van der Waals surface area contributed by atoms with E-state index in [1.165, 1.54) is 0 Å². The number of carboxylic acids is 1. The normalized spacial score (nSPS) is 31.2. The molecule has 0 unspecified atom stereocenters. The van der Waals surface area contributed by atoms with E-state index < -0.39 is 35.7 Å². The summed E-state index contributed by atoms with van der Waals surface area (Å²) in [5.41, 5.74) is 0.427. The Balaban J connectivity index is 2.29. The molecule has 0 saturated carbocycles. The summed E-state index contributed by atoms with van der Waals surface area (Å²) >= 11 is 0. The zero-order valence-corrected chi connectivity index (χ0v) is 20.4. The maximum absolute atomic E-state index is 12.5. The molecule has 34 heavy (non-hydrogen) atoms. The maximum Gasteiger partial charge on any atom is 0.309 e. The molecule has 1 aromatic rings. The van der Waals surface area contributed by atoms with Gasteiger partial charge in [0.25, 0.3) is 0 Å². The molecule has 186 valence electrons. The van der Waals surface area contributed by atoms with Crippen LogP contribution < -0.4 is 0 Å². The number of allylic oxidation sites excluding steroid dienone is 3. The highest BCUT2D eigenvalue weighted by molar-refractivity contribution is 5.70. The Kier molecular flexibility index (Phi) is 10.2. The molecule has 0 bridgehead atoms. The number of carboxylic acid groups (broad SMARTS) is 1. The van der Waals surface area contributed by atoms with Gasteiger partial charge in [0.2, 0.25) is 0 Å². The first-order valence-electron chi connectivity index (χ1n) is 11.8. The molecule has 0 spiro atoms. The monoisotopic (exact) mass is 471 g/mol. The standard InChI is InChI=1S/C27H37NO6/c1-18(23-10-5-6-15-28-23)8-7-9-19(2)26-20(3)11-12-21(16-24(30)31)27(4,33)14-13-22(29)17-25(32)34-26/h5-12,15,18,20-22,26,29,33H,13-14,16-17H2,1-4H3,(H,30,31)/b8-7+,12-11+,19-9+/t18-,20+,21-,22-,26-,27-/m1/s1.